The van der Waals surface area contributed by atoms with Gasteiger partial charge in [-0.2, -0.15) is 0 Å². The zero-order valence-electron chi connectivity index (χ0n) is 22.8. The van der Waals surface area contributed by atoms with Gasteiger partial charge in [0.05, 0.1) is 14.2 Å². The first-order chi connectivity index (χ1) is 21.2. The monoisotopic (exact) mass is 864 g/mol. The molecule has 0 aliphatic heterocycles. The number of rotatable bonds is 5. The molecule has 2 aromatic carbocycles. The first-order valence-electron chi connectivity index (χ1n) is 12.0. The second kappa shape index (κ2) is 16.3. The summed E-state index contributed by atoms with van der Waals surface area (Å²) in [5.74, 6) is 1.24. The minimum atomic E-state index is -1.88. The van der Waals surface area contributed by atoms with Crippen molar-refractivity contribution < 1.29 is 9.47 Å². The molecule has 20 heteroatoms. The average Bonchev–Trinajstić information content (AvgIpc) is 2.98. The van der Waals surface area contributed by atoms with Gasteiger partial charge in [0.25, 0.3) is 0 Å². The number of nitrogens with zero attached hydrogens (tertiary/aromatic N) is 6. The minimum Gasteiger partial charge on any atom is -0.497 e. The van der Waals surface area contributed by atoms with Crippen molar-refractivity contribution in [2.45, 2.75) is 15.2 Å². The van der Waals surface area contributed by atoms with Crippen LogP contribution in [0.15, 0.2) is 48.5 Å². The Morgan fingerprint density at radius 1 is 0.457 bits per heavy atom. The van der Waals surface area contributed by atoms with Crippen molar-refractivity contribution in [3.05, 3.63) is 83.2 Å². The van der Waals surface area contributed by atoms with Gasteiger partial charge in [0.15, 0.2) is 34.9 Å². The summed E-state index contributed by atoms with van der Waals surface area (Å²) in [6, 6.07) is 14.2. The number of hydrogen-bond acceptors (Lipinski definition) is 8. The van der Waals surface area contributed by atoms with Crippen molar-refractivity contribution in [2.24, 2.45) is 0 Å². The normalized spacial score (nSPS) is 12.5. The van der Waals surface area contributed by atoms with Crippen LogP contribution in [0.3, 0.4) is 0 Å². The average molecular weight is 870 g/mol. The van der Waals surface area contributed by atoms with E-state index in [0.29, 0.717) is 11.3 Å². The Morgan fingerprint density at radius 3 is 1.15 bits per heavy atom. The fourth-order valence-electron chi connectivity index (χ4n) is 3.10. The van der Waals surface area contributed by atoms with Crippen molar-refractivity contribution in [3.8, 4) is 22.9 Å². The van der Waals surface area contributed by atoms with E-state index in [1.54, 1.807) is 50.6 Å². The van der Waals surface area contributed by atoms with Gasteiger partial charge < -0.3 is 9.47 Å². The summed E-state index contributed by atoms with van der Waals surface area (Å²) in [5.41, 5.74) is 1.50. The maximum Gasteiger partial charge on any atom is 0.250 e. The van der Waals surface area contributed by atoms with Crippen molar-refractivity contribution in [3.63, 3.8) is 0 Å². The summed E-state index contributed by atoms with van der Waals surface area (Å²) < 4.78 is 2.66. The van der Waals surface area contributed by atoms with Crippen LogP contribution in [-0.4, -0.2) is 44.1 Å². The number of methoxy groups -OCH3 is 2. The first-order valence-corrected chi connectivity index (χ1v) is 16.5. The Bertz CT molecular complexity index is 1590. The lowest BCUT2D eigenvalue weighted by Crippen LogP contribution is -2.16. The highest BCUT2D eigenvalue weighted by molar-refractivity contribution is 6.68. The predicted octanol–water partition coefficient (Wildman–Crippen LogP) is 10.9. The van der Waals surface area contributed by atoms with Crippen LogP contribution in [0.5, 0.6) is 11.5 Å². The van der Waals surface area contributed by atoms with E-state index in [1.807, 2.05) is 24.3 Å². The van der Waals surface area contributed by atoms with E-state index >= 15 is 0 Å². The van der Waals surface area contributed by atoms with Crippen molar-refractivity contribution in [1.29, 1.82) is 0 Å². The first kappa shape index (κ1) is 39.7. The largest absolute Gasteiger partial charge is 0.497 e. The molecule has 46 heavy (non-hydrogen) atoms. The highest BCUT2D eigenvalue weighted by atomic mass is 35.6. The van der Waals surface area contributed by atoms with Crippen LogP contribution in [0.4, 0.5) is 0 Å². The van der Waals surface area contributed by atoms with E-state index in [1.165, 1.54) is 0 Å². The molecule has 2 heterocycles. The van der Waals surface area contributed by atoms with E-state index in [2.05, 4.69) is 29.9 Å². The molecule has 0 saturated carbocycles. The topological polar surface area (TPSA) is 95.8 Å². The van der Waals surface area contributed by atoms with Crippen molar-refractivity contribution >= 4 is 151 Å². The van der Waals surface area contributed by atoms with Gasteiger partial charge in [-0.3, -0.25) is 0 Å². The van der Waals surface area contributed by atoms with Gasteiger partial charge in [0, 0.05) is 5.56 Å². The molecule has 0 unspecified atom stereocenters. The smallest absolute Gasteiger partial charge is 0.250 e. The lowest BCUT2D eigenvalue weighted by Gasteiger charge is -2.15. The number of halogens is 12. The number of ether oxygens (including phenoxy) is 2. The van der Waals surface area contributed by atoms with E-state index in [0.717, 1.165) is 11.3 Å². The fraction of sp³-hybridized carbons (Fsp3) is 0.231. The van der Waals surface area contributed by atoms with Crippen LogP contribution < -0.4 is 9.47 Å². The zero-order chi connectivity index (χ0) is 34.5. The van der Waals surface area contributed by atoms with Crippen LogP contribution in [0.25, 0.3) is 23.5 Å². The summed E-state index contributed by atoms with van der Waals surface area (Å²) in [6.07, 6.45) is 3.34. The Labute approximate surface area is 323 Å². The van der Waals surface area contributed by atoms with Crippen LogP contribution in [0, 0.1) is 0 Å². The van der Waals surface area contributed by atoms with Crippen LogP contribution >= 0.6 is 139 Å². The molecule has 4 aromatic rings. The van der Waals surface area contributed by atoms with Gasteiger partial charge in [0.2, 0.25) is 15.2 Å². The minimum absolute atomic E-state index is 0.139. The van der Waals surface area contributed by atoms with Crippen LogP contribution in [-0.2, 0) is 15.2 Å². The fourth-order valence-corrected chi connectivity index (χ4v) is 4.12. The maximum atomic E-state index is 5.82. The third-order valence-electron chi connectivity index (χ3n) is 5.19. The molecule has 0 spiro atoms. The van der Waals surface area contributed by atoms with Crippen LogP contribution in [0.2, 0.25) is 0 Å². The van der Waals surface area contributed by atoms with Gasteiger partial charge in [-0.25, -0.2) is 29.9 Å². The standard InChI is InChI=1S/C14H9Cl6N3O.C12H7Cl6N3O/c1-24-9-5-2-8(3-6-9)4-7-10-21-11(13(15,16)17)23-12(22-10)14(18,19)20;1-22-7-4-2-6(3-5-7)8-19-9(11(13,14)15)21-10(20-8)12(16,17)18/h2-7H,1H3;2-5H,1H3. The van der Waals surface area contributed by atoms with Gasteiger partial charge in [0.1, 0.15) is 11.5 Å². The lowest BCUT2D eigenvalue weighted by atomic mass is 10.2. The molecule has 0 aliphatic carbocycles. The van der Waals surface area contributed by atoms with E-state index < -0.39 is 15.2 Å². The third kappa shape index (κ3) is 12.0. The molecule has 0 aliphatic rings. The Hall–Kier alpha value is -0.720. The molecular weight excluding hydrogens is 854 g/mol. The molecule has 246 valence electrons. The molecule has 0 saturated heterocycles. The number of benzene rings is 2. The Morgan fingerprint density at radius 2 is 0.804 bits per heavy atom. The van der Waals surface area contributed by atoms with Gasteiger partial charge in [-0.15, -0.1) is 0 Å². The maximum absolute atomic E-state index is 5.82. The van der Waals surface area contributed by atoms with Crippen molar-refractivity contribution in [2.75, 3.05) is 14.2 Å². The summed E-state index contributed by atoms with van der Waals surface area (Å²) in [4.78, 5) is 24.1. The molecule has 8 nitrogen and oxygen atoms in total. The summed E-state index contributed by atoms with van der Waals surface area (Å²) in [7, 11) is 3.14. The molecule has 0 radical (unpaired) electrons. The number of alkyl halides is 12. The zero-order valence-corrected chi connectivity index (χ0v) is 31.9. The molecule has 0 amide bonds. The Balaban J connectivity index is 0.000000251. The molecule has 2 aromatic heterocycles. The second-order valence-electron chi connectivity index (χ2n) is 8.47. The highest BCUT2D eigenvalue weighted by Gasteiger charge is 2.35. The quantitative estimate of drug-likeness (QED) is 0.183. The molecule has 0 fully saturated rings. The summed E-state index contributed by atoms with van der Waals surface area (Å²) in [6.45, 7) is 0. The van der Waals surface area contributed by atoms with Crippen molar-refractivity contribution in [1.82, 2.24) is 29.9 Å². The lowest BCUT2D eigenvalue weighted by molar-refractivity contribution is 0.414. The van der Waals surface area contributed by atoms with Gasteiger partial charge >= 0.3 is 0 Å². The summed E-state index contributed by atoms with van der Waals surface area (Å²) in [5, 5.41) is 0. The van der Waals surface area contributed by atoms with E-state index in [4.69, 9.17) is 149 Å². The second-order valence-corrected chi connectivity index (χ2v) is 17.6. The molecule has 0 atom stereocenters. The molecule has 0 bridgehead atoms. The molecule has 4 rings (SSSR count). The predicted molar refractivity (Wildman–Crippen MR) is 191 cm³/mol. The molecule has 0 N–H and O–H groups in total. The van der Waals surface area contributed by atoms with Crippen LogP contribution in [0.1, 0.15) is 34.7 Å². The van der Waals surface area contributed by atoms with E-state index in [9.17, 15) is 0 Å². The van der Waals surface area contributed by atoms with E-state index in [-0.39, 0.29) is 34.9 Å². The highest BCUT2D eigenvalue weighted by Crippen LogP contribution is 2.41. The third-order valence-corrected chi connectivity index (χ3v) is 7.22. The number of aromatic nitrogens is 6. The summed E-state index contributed by atoms with van der Waals surface area (Å²) >= 11 is 69.8. The van der Waals surface area contributed by atoms with Gasteiger partial charge in [-0.05, 0) is 48.0 Å². The SMILES string of the molecule is COc1ccc(-c2nc(C(Cl)(Cl)Cl)nc(C(Cl)(Cl)Cl)n2)cc1.COc1ccc(C=Cc2nc(C(Cl)(Cl)Cl)nc(C(Cl)(Cl)Cl)n2)cc1. The number of hydrogen-bond donors (Lipinski definition) is 0. The Kier molecular flexibility index (Phi) is 14.1. The molecular formula is C26H16Cl12N6O2. The van der Waals surface area contributed by atoms with Gasteiger partial charge in [-0.1, -0.05) is 157 Å².